The van der Waals surface area contributed by atoms with Crippen molar-refractivity contribution >= 4 is 23.5 Å². The summed E-state index contributed by atoms with van der Waals surface area (Å²) in [5.74, 6) is -1.36. The third-order valence-electron chi connectivity index (χ3n) is 8.06. The largest absolute Gasteiger partial charge is 0.481 e. The molecule has 2 saturated carbocycles. The van der Waals surface area contributed by atoms with Crippen molar-refractivity contribution in [3.63, 3.8) is 0 Å². The quantitative estimate of drug-likeness (QED) is 0.350. The van der Waals surface area contributed by atoms with Crippen LogP contribution in [-0.4, -0.2) is 35.7 Å². The number of methoxy groups -OCH3 is 1. The van der Waals surface area contributed by atoms with Crippen molar-refractivity contribution in [2.45, 2.75) is 77.0 Å². The lowest BCUT2D eigenvalue weighted by atomic mass is 9.79. The van der Waals surface area contributed by atoms with Gasteiger partial charge in [0.2, 0.25) is 0 Å². The van der Waals surface area contributed by atoms with E-state index >= 15 is 0 Å². The van der Waals surface area contributed by atoms with E-state index in [-0.39, 0.29) is 17.6 Å². The number of esters is 1. The SMILES string of the molecule is CC(C(=O)O)c1ccc(CC2CCCC2=O)cc1.COC(=O)C1(Cc2ccc(C(C)C#N)cc2)CCCC1=O. The van der Waals surface area contributed by atoms with E-state index in [0.29, 0.717) is 25.0 Å². The van der Waals surface area contributed by atoms with Crippen LogP contribution in [0.4, 0.5) is 0 Å². The standard InChI is InChI=1S/C17H19NO3.C15H18O3/c1-12(11-18)14-7-5-13(6-8-14)10-17(16(20)21-2)9-3-4-15(17)19;1-10(15(17)18)12-7-5-11(6-8-12)9-13-3-2-4-14(13)16/h5-8,12H,3-4,9-10H2,1-2H3;5-8,10,13H,2-4,9H2,1H3,(H,17,18). The fourth-order valence-corrected chi connectivity index (χ4v) is 5.42. The van der Waals surface area contributed by atoms with Gasteiger partial charge >= 0.3 is 11.9 Å². The van der Waals surface area contributed by atoms with Gasteiger partial charge in [0, 0.05) is 18.8 Å². The van der Waals surface area contributed by atoms with Crippen LogP contribution in [0.3, 0.4) is 0 Å². The van der Waals surface area contributed by atoms with E-state index < -0.39 is 23.3 Å². The van der Waals surface area contributed by atoms with Gasteiger partial charge in [0.25, 0.3) is 0 Å². The average Bonchev–Trinajstić information content (AvgIpc) is 3.53. The summed E-state index contributed by atoms with van der Waals surface area (Å²) in [6.07, 6.45) is 5.62. The van der Waals surface area contributed by atoms with Crippen molar-refractivity contribution < 1.29 is 29.0 Å². The lowest BCUT2D eigenvalue weighted by Crippen LogP contribution is -2.38. The molecule has 0 heterocycles. The predicted octanol–water partition coefficient (Wildman–Crippen LogP) is 5.55. The number of aliphatic carboxylic acids is 1. The molecule has 0 amide bonds. The fraction of sp³-hybridized carbons (Fsp3) is 0.469. The summed E-state index contributed by atoms with van der Waals surface area (Å²) in [6.45, 7) is 3.52. The summed E-state index contributed by atoms with van der Waals surface area (Å²) in [4.78, 5) is 46.7. The van der Waals surface area contributed by atoms with Crippen molar-refractivity contribution in [3.8, 4) is 6.07 Å². The number of rotatable bonds is 8. The molecule has 0 radical (unpaired) electrons. The molecule has 0 saturated heterocycles. The zero-order valence-electron chi connectivity index (χ0n) is 22.9. The minimum absolute atomic E-state index is 0.0242. The predicted molar refractivity (Wildman–Crippen MR) is 146 cm³/mol. The third kappa shape index (κ3) is 7.20. The van der Waals surface area contributed by atoms with Crippen LogP contribution in [0.5, 0.6) is 0 Å². The number of benzene rings is 2. The van der Waals surface area contributed by atoms with Crippen LogP contribution in [0.2, 0.25) is 0 Å². The highest BCUT2D eigenvalue weighted by molar-refractivity contribution is 6.05. The second-order valence-corrected chi connectivity index (χ2v) is 10.7. The number of carboxylic acids is 1. The van der Waals surface area contributed by atoms with Gasteiger partial charge in [-0.15, -0.1) is 0 Å². The Balaban J connectivity index is 0.000000218. The van der Waals surface area contributed by atoms with E-state index in [1.54, 1.807) is 6.92 Å². The first-order chi connectivity index (χ1) is 18.6. The Kier molecular flexibility index (Phi) is 10.2. The van der Waals surface area contributed by atoms with Gasteiger partial charge in [0.1, 0.15) is 11.2 Å². The molecule has 206 valence electrons. The number of ether oxygens (including phenoxy) is 1. The molecule has 1 N–H and O–H groups in total. The molecule has 2 aromatic carbocycles. The lowest BCUT2D eigenvalue weighted by molar-refractivity contribution is -0.156. The molecule has 7 nitrogen and oxygen atoms in total. The first-order valence-corrected chi connectivity index (χ1v) is 13.6. The van der Waals surface area contributed by atoms with Gasteiger partial charge in [-0.1, -0.05) is 48.5 Å². The Morgan fingerprint density at radius 3 is 2.10 bits per heavy atom. The molecule has 0 aromatic heterocycles. The number of nitrogens with zero attached hydrogens (tertiary/aromatic N) is 1. The van der Waals surface area contributed by atoms with E-state index in [1.807, 2.05) is 55.5 Å². The molecule has 0 spiro atoms. The smallest absolute Gasteiger partial charge is 0.319 e. The van der Waals surface area contributed by atoms with Crippen LogP contribution in [0.25, 0.3) is 0 Å². The highest BCUT2D eigenvalue weighted by Gasteiger charge is 2.49. The number of carbonyl (C=O) groups excluding carboxylic acids is 3. The molecule has 7 heteroatoms. The molecule has 2 aliphatic rings. The van der Waals surface area contributed by atoms with E-state index in [4.69, 9.17) is 15.1 Å². The molecule has 4 atom stereocenters. The van der Waals surface area contributed by atoms with Crippen LogP contribution in [-0.2, 0) is 36.8 Å². The third-order valence-corrected chi connectivity index (χ3v) is 8.06. The molecule has 2 aromatic rings. The van der Waals surface area contributed by atoms with E-state index in [0.717, 1.165) is 54.4 Å². The van der Waals surface area contributed by atoms with Crippen LogP contribution in [0.1, 0.15) is 86.5 Å². The minimum Gasteiger partial charge on any atom is -0.481 e. The van der Waals surface area contributed by atoms with Gasteiger partial charge in [-0.2, -0.15) is 5.26 Å². The van der Waals surface area contributed by atoms with Crippen molar-refractivity contribution in [1.29, 1.82) is 5.26 Å². The van der Waals surface area contributed by atoms with E-state index in [2.05, 4.69) is 6.07 Å². The second-order valence-electron chi connectivity index (χ2n) is 10.7. The molecule has 39 heavy (non-hydrogen) atoms. The maximum Gasteiger partial charge on any atom is 0.319 e. The molecule has 2 fully saturated rings. The zero-order chi connectivity index (χ0) is 28.6. The Labute approximate surface area is 230 Å². The summed E-state index contributed by atoms with van der Waals surface area (Å²) in [5, 5.41) is 17.8. The highest BCUT2D eigenvalue weighted by Crippen LogP contribution is 2.39. The number of Topliss-reactive ketones (excluding diaryl/α,β-unsaturated/α-hetero) is 2. The average molecular weight is 532 g/mol. The van der Waals surface area contributed by atoms with Crippen molar-refractivity contribution in [2.24, 2.45) is 11.3 Å². The number of nitriles is 1. The minimum atomic E-state index is -1.02. The topological polar surface area (TPSA) is 122 Å². The Hall–Kier alpha value is -3.79. The molecule has 0 bridgehead atoms. The fourth-order valence-electron chi connectivity index (χ4n) is 5.42. The summed E-state index contributed by atoms with van der Waals surface area (Å²) >= 11 is 0. The maximum atomic E-state index is 12.2. The molecule has 4 unspecified atom stereocenters. The maximum absolute atomic E-state index is 12.2. The number of carboxylic acid groups (broad SMARTS) is 1. The lowest BCUT2D eigenvalue weighted by Gasteiger charge is -2.24. The summed E-state index contributed by atoms with van der Waals surface area (Å²) in [5.41, 5.74) is 2.77. The van der Waals surface area contributed by atoms with Gasteiger partial charge in [-0.3, -0.25) is 19.2 Å². The van der Waals surface area contributed by atoms with Crippen LogP contribution >= 0.6 is 0 Å². The summed E-state index contributed by atoms with van der Waals surface area (Å²) < 4.78 is 4.86. The van der Waals surface area contributed by atoms with Crippen molar-refractivity contribution in [3.05, 3.63) is 70.8 Å². The Morgan fingerprint density at radius 2 is 1.62 bits per heavy atom. The zero-order valence-corrected chi connectivity index (χ0v) is 22.9. The molecule has 4 rings (SSSR count). The number of hydrogen-bond acceptors (Lipinski definition) is 6. The molecule has 2 aliphatic carbocycles. The number of ketones is 2. The van der Waals surface area contributed by atoms with Gasteiger partial charge in [-0.25, -0.2) is 0 Å². The van der Waals surface area contributed by atoms with Gasteiger partial charge in [0.05, 0.1) is 25.0 Å². The number of hydrogen-bond donors (Lipinski definition) is 1. The second kappa shape index (κ2) is 13.3. The summed E-state index contributed by atoms with van der Waals surface area (Å²) in [7, 11) is 1.33. The van der Waals surface area contributed by atoms with Gasteiger partial charge in [0.15, 0.2) is 5.78 Å². The Morgan fingerprint density at radius 1 is 1.00 bits per heavy atom. The molecular weight excluding hydrogens is 494 g/mol. The monoisotopic (exact) mass is 531 g/mol. The number of carbonyl (C=O) groups is 4. The van der Waals surface area contributed by atoms with E-state index in [1.165, 1.54) is 7.11 Å². The van der Waals surface area contributed by atoms with Crippen molar-refractivity contribution in [1.82, 2.24) is 0 Å². The van der Waals surface area contributed by atoms with Crippen LogP contribution < -0.4 is 0 Å². The normalized spacial score (nSPS) is 21.8. The molecule has 0 aliphatic heterocycles. The first-order valence-electron chi connectivity index (χ1n) is 13.6. The van der Waals surface area contributed by atoms with Crippen LogP contribution in [0, 0.1) is 22.7 Å². The Bertz CT molecular complexity index is 1230. The van der Waals surface area contributed by atoms with Gasteiger partial charge < -0.3 is 9.84 Å². The van der Waals surface area contributed by atoms with Crippen LogP contribution in [0.15, 0.2) is 48.5 Å². The highest BCUT2D eigenvalue weighted by atomic mass is 16.5. The van der Waals surface area contributed by atoms with Crippen molar-refractivity contribution in [2.75, 3.05) is 7.11 Å². The van der Waals surface area contributed by atoms with Gasteiger partial charge in [-0.05, 0) is 74.6 Å². The first kappa shape index (κ1) is 29.8. The molecular formula is C32H37NO6. The van der Waals surface area contributed by atoms with E-state index in [9.17, 15) is 19.2 Å². The summed E-state index contributed by atoms with van der Waals surface area (Å²) in [6, 6.07) is 17.3.